The molecule has 0 aliphatic rings. The van der Waals surface area contributed by atoms with Gasteiger partial charge in [0.15, 0.2) is 18.4 Å². The zero-order valence-corrected chi connectivity index (χ0v) is 13.4. The van der Waals surface area contributed by atoms with Gasteiger partial charge in [0.05, 0.1) is 5.56 Å². The van der Waals surface area contributed by atoms with Crippen LogP contribution in [0.5, 0.6) is 0 Å². The number of rotatable bonds is 3. The number of nitrogen functional groups attached to an aromatic ring is 1. The summed E-state index contributed by atoms with van der Waals surface area (Å²) in [5, 5.41) is 1.30. The first kappa shape index (κ1) is 13.9. The fourth-order valence-corrected chi connectivity index (χ4v) is 3.48. The third kappa shape index (κ3) is 2.61. The largest absolute Gasteiger partial charge is 0.383 e. The fraction of sp³-hybridized carbons (Fsp3) is 0.312. The van der Waals surface area contributed by atoms with Gasteiger partial charge in [-0.1, -0.05) is 6.92 Å². The predicted octanol–water partition coefficient (Wildman–Crippen LogP) is 2.79. The van der Waals surface area contributed by atoms with Crippen molar-refractivity contribution in [2.24, 2.45) is 0 Å². The Bertz CT molecular complexity index is 807. The minimum absolute atomic E-state index is 0.580. The van der Waals surface area contributed by atoms with Crippen LogP contribution < -0.4 is 10.3 Å². The Morgan fingerprint density at radius 2 is 2.14 bits per heavy atom. The molecular weight excluding hydrogens is 280 g/mol. The third-order valence-electron chi connectivity index (χ3n) is 3.68. The lowest BCUT2D eigenvalue weighted by atomic mass is 10.2. The van der Waals surface area contributed by atoms with Gasteiger partial charge in [0.2, 0.25) is 0 Å². The molecule has 3 aromatic rings. The normalized spacial score (nSPS) is 11.2. The molecule has 3 heterocycles. The van der Waals surface area contributed by atoms with E-state index in [1.165, 1.54) is 20.7 Å². The molecule has 3 rings (SSSR count). The van der Waals surface area contributed by atoms with E-state index < -0.39 is 0 Å². The van der Waals surface area contributed by atoms with E-state index in [1.54, 1.807) is 0 Å². The van der Waals surface area contributed by atoms with Crippen molar-refractivity contribution in [3.05, 3.63) is 46.5 Å². The summed E-state index contributed by atoms with van der Waals surface area (Å²) in [6.07, 6.45) is 4.76. The van der Waals surface area contributed by atoms with Gasteiger partial charge in [-0.2, -0.15) is 4.57 Å². The summed E-state index contributed by atoms with van der Waals surface area (Å²) in [7, 11) is 0. The molecule has 5 heteroatoms. The molecule has 0 fully saturated rings. The molecule has 0 spiro atoms. The van der Waals surface area contributed by atoms with Crippen LogP contribution in [0.4, 0.5) is 5.82 Å². The maximum absolute atomic E-state index is 6.05. The van der Waals surface area contributed by atoms with E-state index in [1.807, 2.05) is 24.5 Å². The van der Waals surface area contributed by atoms with Crippen LogP contribution in [0.25, 0.3) is 10.1 Å². The van der Waals surface area contributed by atoms with Crippen molar-refractivity contribution in [3.8, 4) is 0 Å². The van der Waals surface area contributed by atoms with Crippen molar-refractivity contribution in [1.29, 1.82) is 0 Å². The summed E-state index contributed by atoms with van der Waals surface area (Å²) in [5.74, 6) is 1.37. The molecule has 0 aliphatic carbocycles. The summed E-state index contributed by atoms with van der Waals surface area (Å²) in [4.78, 5) is 10.0. The molecule has 0 bridgehead atoms. The molecule has 3 aromatic heterocycles. The fourth-order valence-electron chi connectivity index (χ4n) is 2.46. The molecule has 0 unspecified atom stereocenters. The Kier molecular flexibility index (Phi) is 3.59. The van der Waals surface area contributed by atoms with E-state index in [-0.39, 0.29) is 0 Å². The van der Waals surface area contributed by atoms with Crippen molar-refractivity contribution in [2.45, 2.75) is 33.7 Å². The summed E-state index contributed by atoms with van der Waals surface area (Å²) in [6.45, 7) is 7.02. The maximum atomic E-state index is 6.05. The van der Waals surface area contributed by atoms with E-state index in [9.17, 15) is 0 Å². The highest BCUT2D eigenvalue weighted by atomic mass is 32.1. The van der Waals surface area contributed by atoms with Gasteiger partial charge in [0, 0.05) is 35.9 Å². The van der Waals surface area contributed by atoms with Crippen LogP contribution in [0.3, 0.4) is 0 Å². The molecule has 108 valence electrons. The lowest BCUT2D eigenvalue weighted by Gasteiger charge is -2.05. The number of nitrogens with two attached hydrogens (primary N) is 1. The topological polar surface area (TPSA) is 55.7 Å². The Morgan fingerprint density at radius 1 is 1.33 bits per heavy atom. The highest BCUT2D eigenvalue weighted by molar-refractivity contribution is 7.19. The number of fused-ring (bicyclic) bond motifs is 1. The SMILES string of the molecule is CCc1ncc(C[n+]2ccc3cc(C)sc3c2C)c(N)n1. The van der Waals surface area contributed by atoms with Crippen LogP contribution in [-0.4, -0.2) is 9.97 Å². The Hall–Kier alpha value is -2.01. The average Bonchev–Trinajstić information content (AvgIpc) is 2.85. The standard InChI is InChI=1S/C16H19N4S/c1-4-14-18-8-13(16(17)19-14)9-20-6-5-12-7-10(2)21-15(12)11(20)3/h5-8H,4,9H2,1-3H3,(H2,17,18,19)/q+1. The monoisotopic (exact) mass is 299 g/mol. The Morgan fingerprint density at radius 3 is 2.86 bits per heavy atom. The smallest absolute Gasteiger partial charge is 0.196 e. The number of aromatic nitrogens is 3. The second kappa shape index (κ2) is 5.41. The third-order valence-corrected chi connectivity index (χ3v) is 4.86. The lowest BCUT2D eigenvalue weighted by Crippen LogP contribution is -2.37. The van der Waals surface area contributed by atoms with Crippen LogP contribution in [0.2, 0.25) is 0 Å². The van der Waals surface area contributed by atoms with Gasteiger partial charge in [-0.25, -0.2) is 9.97 Å². The van der Waals surface area contributed by atoms with E-state index in [0.717, 1.165) is 17.8 Å². The van der Waals surface area contributed by atoms with E-state index in [0.29, 0.717) is 12.4 Å². The molecule has 4 nitrogen and oxygen atoms in total. The van der Waals surface area contributed by atoms with Gasteiger partial charge in [-0.05, 0) is 13.0 Å². The van der Waals surface area contributed by atoms with Crippen LogP contribution in [0.1, 0.15) is 28.9 Å². The first-order valence-electron chi connectivity index (χ1n) is 7.08. The van der Waals surface area contributed by atoms with Crippen LogP contribution in [0.15, 0.2) is 24.5 Å². The van der Waals surface area contributed by atoms with Gasteiger partial charge in [0.1, 0.15) is 16.3 Å². The molecule has 0 amide bonds. The van der Waals surface area contributed by atoms with E-state index >= 15 is 0 Å². The Balaban J connectivity index is 1.99. The van der Waals surface area contributed by atoms with E-state index in [2.05, 4.69) is 46.7 Å². The first-order chi connectivity index (χ1) is 10.1. The number of aryl methyl sites for hydroxylation is 3. The zero-order chi connectivity index (χ0) is 15.0. The van der Waals surface area contributed by atoms with Gasteiger partial charge in [-0.15, -0.1) is 11.3 Å². The van der Waals surface area contributed by atoms with Crippen molar-refractivity contribution in [1.82, 2.24) is 9.97 Å². The summed E-state index contributed by atoms with van der Waals surface area (Å²) < 4.78 is 3.54. The molecule has 0 aromatic carbocycles. The summed E-state index contributed by atoms with van der Waals surface area (Å²) in [6, 6.07) is 4.38. The second-order valence-corrected chi connectivity index (χ2v) is 6.48. The van der Waals surface area contributed by atoms with Gasteiger partial charge in [0.25, 0.3) is 0 Å². The predicted molar refractivity (Wildman–Crippen MR) is 86.4 cm³/mol. The molecule has 21 heavy (non-hydrogen) atoms. The lowest BCUT2D eigenvalue weighted by molar-refractivity contribution is -0.692. The highest BCUT2D eigenvalue weighted by Crippen LogP contribution is 2.26. The average molecular weight is 299 g/mol. The molecule has 0 aliphatic heterocycles. The zero-order valence-electron chi connectivity index (χ0n) is 12.6. The number of anilines is 1. The summed E-state index contributed by atoms with van der Waals surface area (Å²) >= 11 is 1.83. The van der Waals surface area contributed by atoms with Crippen molar-refractivity contribution < 1.29 is 4.57 Å². The molecule has 0 radical (unpaired) electrons. The maximum Gasteiger partial charge on any atom is 0.196 e. The van der Waals surface area contributed by atoms with Gasteiger partial charge in [-0.3, -0.25) is 0 Å². The molecular formula is C16H19N4S+. The van der Waals surface area contributed by atoms with Gasteiger partial charge < -0.3 is 5.73 Å². The molecule has 0 saturated carbocycles. The molecule has 2 N–H and O–H groups in total. The minimum Gasteiger partial charge on any atom is -0.383 e. The number of nitrogens with zero attached hydrogens (tertiary/aromatic N) is 3. The highest BCUT2D eigenvalue weighted by Gasteiger charge is 2.15. The molecule has 0 saturated heterocycles. The second-order valence-electron chi connectivity index (χ2n) is 5.22. The quantitative estimate of drug-likeness (QED) is 0.757. The number of hydrogen-bond acceptors (Lipinski definition) is 4. The van der Waals surface area contributed by atoms with Crippen LogP contribution in [0, 0.1) is 13.8 Å². The van der Waals surface area contributed by atoms with Gasteiger partial charge >= 0.3 is 0 Å². The van der Waals surface area contributed by atoms with Crippen molar-refractivity contribution >= 4 is 27.2 Å². The number of thiophene rings is 1. The minimum atomic E-state index is 0.580. The number of pyridine rings is 1. The Labute approximate surface area is 128 Å². The van der Waals surface area contributed by atoms with Crippen molar-refractivity contribution in [2.75, 3.05) is 5.73 Å². The van der Waals surface area contributed by atoms with Crippen LogP contribution in [-0.2, 0) is 13.0 Å². The first-order valence-corrected chi connectivity index (χ1v) is 7.89. The van der Waals surface area contributed by atoms with Crippen LogP contribution >= 0.6 is 11.3 Å². The number of hydrogen-bond donors (Lipinski definition) is 1. The molecule has 0 atom stereocenters. The summed E-state index contributed by atoms with van der Waals surface area (Å²) in [5.41, 5.74) is 8.27. The van der Waals surface area contributed by atoms with Crippen molar-refractivity contribution in [3.63, 3.8) is 0 Å². The van der Waals surface area contributed by atoms with E-state index in [4.69, 9.17) is 5.73 Å².